The molecule has 5 nitrogen and oxygen atoms in total. The van der Waals surface area contributed by atoms with Gasteiger partial charge in [-0.25, -0.2) is 4.98 Å². The molecular formula is C24H17ClN4O. The molecule has 0 saturated heterocycles. The van der Waals surface area contributed by atoms with Crippen molar-refractivity contribution < 1.29 is 4.79 Å². The molecule has 2 N–H and O–H groups in total. The summed E-state index contributed by atoms with van der Waals surface area (Å²) in [4.78, 5) is 24.6. The largest absolute Gasteiger partial charge is 0.348 e. The van der Waals surface area contributed by atoms with Gasteiger partial charge in [-0.15, -0.1) is 0 Å². The number of benzene rings is 2. The topological polar surface area (TPSA) is 70.7 Å². The number of aromatic nitrogens is 3. The van der Waals surface area contributed by atoms with Gasteiger partial charge in [0.05, 0.1) is 16.1 Å². The number of aromatic amines is 1. The zero-order valence-corrected chi connectivity index (χ0v) is 16.6. The summed E-state index contributed by atoms with van der Waals surface area (Å²) in [6, 6.07) is 19.5. The van der Waals surface area contributed by atoms with Gasteiger partial charge in [0, 0.05) is 41.5 Å². The molecule has 0 saturated carbocycles. The smallest absolute Gasteiger partial charge is 0.253 e. The molecule has 0 bridgehead atoms. The first-order chi connectivity index (χ1) is 14.7. The average Bonchev–Trinajstić information content (AvgIpc) is 3.21. The lowest BCUT2D eigenvalue weighted by Crippen LogP contribution is -2.22. The number of rotatable bonds is 4. The Balaban J connectivity index is 1.50. The van der Waals surface area contributed by atoms with Crippen LogP contribution in [0.2, 0.25) is 5.02 Å². The first-order valence-electron chi connectivity index (χ1n) is 9.53. The van der Waals surface area contributed by atoms with E-state index in [0.29, 0.717) is 22.8 Å². The Labute approximate surface area is 177 Å². The van der Waals surface area contributed by atoms with Gasteiger partial charge in [-0.2, -0.15) is 0 Å². The van der Waals surface area contributed by atoms with Crippen LogP contribution in [0, 0.1) is 0 Å². The molecule has 6 heteroatoms. The fraction of sp³-hybridized carbons (Fsp3) is 0.0417. The molecule has 1 amide bonds. The van der Waals surface area contributed by atoms with E-state index in [1.54, 1.807) is 12.4 Å². The van der Waals surface area contributed by atoms with Crippen LogP contribution in [0.4, 0.5) is 0 Å². The number of carbonyl (C=O) groups excluding carboxylic acids is 1. The van der Waals surface area contributed by atoms with E-state index in [1.807, 2.05) is 66.9 Å². The van der Waals surface area contributed by atoms with Crippen LogP contribution < -0.4 is 5.32 Å². The fourth-order valence-corrected chi connectivity index (χ4v) is 3.83. The molecule has 30 heavy (non-hydrogen) atoms. The quantitative estimate of drug-likeness (QED) is 0.417. The van der Waals surface area contributed by atoms with Crippen LogP contribution in [0.3, 0.4) is 0 Å². The van der Waals surface area contributed by atoms with Crippen LogP contribution in [0.1, 0.15) is 15.9 Å². The van der Waals surface area contributed by atoms with Gasteiger partial charge < -0.3 is 10.3 Å². The van der Waals surface area contributed by atoms with Gasteiger partial charge in [0.25, 0.3) is 5.91 Å². The lowest BCUT2D eigenvalue weighted by molar-refractivity contribution is 0.0950. The summed E-state index contributed by atoms with van der Waals surface area (Å²) in [5, 5.41) is 5.35. The van der Waals surface area contributed by atoms with E-state index >= 15 is 0 Å². The van der Waals surface area contributed by atoms with Crippen molar-refractivity contribution in [2.24, 2.45) is 0 Å². The summed E-state index contributed by atoms with van der Waals surface area (Å²) >= 11 is 6.46. The Morgan fingerprint density at radius 2 is 1.90 bits per heavy atom. The second kappa shape index (κ2) is 7.61. The summed E-state index contributed by atoms with van der Waals surface area (Å²) in [6.07, 6.45) is 5.20. The molecule has 0 radical (unpaired) electrons. The molecule has 5 rings (SSSR count). The van der Waals surface area contributed by atoms with Crippen LogP contribution in [-0.4, -0.2) is 20.9 Å². The van der Waals surface area contributed by atoms with E-state index < -0.39 is 0 Å². The molecule has 3 aromatic heterocycles. The van der Waals surface area contributed by atoms with Crippen LogP contribution >= 0.6 is 11.6 Å². The zero-order chi connectivity index (χ0) is 20.5. The molecule has 0 aliphatic heterocycles. The Hall–Kier alpha value is -3.70. The van der Waals surface area contributed by atoms with E-state index in [-0.39, 0.29) is 5.91 Å². The van der Waals surface area contributed by atoms with Crippen molar-refractivity contribution in [1.29, 1.82) is 0 Å². The molecule has 5 aromatic rings. The van der Waals surface area contributed by atoms with E-state index in [4.69, 9.17) is 11.6 Å². The molecule has 0 fully saturated rings. The molecule has 0 spiro atoms. The number of carbonyl (C=O) groups is 1. The highest BCUT2D eigenvalue weighted by atomic mass is 35.5. The monoisotopic (exact) mass is 412 g/mol. The van der Waals surface area contributed by atoms with Crippen molar-refractivity contribution >= 4 is 39.4 Å². The number of fused-ring (bicyclic) bond motifs is 2. The summed E-state index contributed by atoms with van der Waals surface area (Å²) in [7, 11) is 0. The maximum Gasteiger partial charge on any atom is 0.253 e. The lowest BCUT2D eigenvalue weighted by atomic mass is 10.0. The first kappa shape index (κ1) is 18.3. The fourth-order valence-electron chi connectivity index (χ4n) is 3.55. The third kappa shape index (κ3) is 3.40. The van der Waals surface area contributed by atoms with Gasteiger partial charge in [0.15, 0.2) is 0 Å². The Bertz CT molecular complexity index is 1380. The van der Waals surface area contributed by atoms with Crippen molar-refractivity contribution in [2.75, 3.05) is 0 Å². The Morgan fingerprint density at radius 3 is 2.77 bits per heavy atom. The Kier molecular flexibility index (Phi) is 4.65. The maximum absolute atomic E-state index is 12.7. The standard InChI is InChI=1S/C24H17ClN4O/c25-21-11-17(9-16-7-4-8-26-22(16)21)20-14-28-23-19(20)10-18(13-27-23)24(30)29-12-15-5-2-1-3-6-15/h1-11,13-14H,12H2,(H,27,28)(H,29,30). The van der Waals surface area contributed by atoms with Crippen molar-refractivity contribution in [3.05, 3.63) is 95.4 Å². The highest BCUT2D eigenvalue weighted by Gasteiger charge is 2.13. The molecule has 0 atom stereocenters. The van der Waals surface area contributed by atoms with E-state index in [2.05, 4.69) is 20.3 Å². The third-order valence-electron chi connectivity index (χ3n) is 5.06. The van der Waals surface area contributed by atoms with Gasteiger partial charge in [-0.05, 0) is 35.4 Å². The second-order valence-electron chi connectivity index (χ2n) is 7.02. The minimum absolute atomic E-state index is 0.166. The van der Waals surface area contributed by atoms with Crippen molar-refractivity contribution in [1.82, 2.24) is 20.3 Å². The normalized spacial score (nSPS) is 11.1. The predicted octanol–water partition coefficient (Wildman–Crippen LogP) is 5.36. The SMILES string of the molecule is O=C(NCc1ccccc1)c1cnc2[nH]cc(-c3cc(Cl)c4ncccc4c3)c2c1. The van der Waals surface area contributed by atoms with Crippen LogP contribution in [-0.2, 0) is 6.54 Å². The van der Waals surface area contributed by atoms with Crippen molar-refractivity contribution in [2.45, 2.75) is 6.54 Å². The number of amides is 1. The highest BCUT2D eigenvalue weighted by Crippen LogP contribution is 2.33. The van der Waals surface area contributed by atoms with Crippen molar-refractivity contribution in [3.63, 3.8) is 0 Å². The molecule has 3 heterocycles. The predicted molar refractivity (Wildman–Crippen MR) is 119 cm³/mol. The van der Waals surface area contributed by atoms with Gasteiger partial charge >= 0.3 is 0 Å². The first-order valence-corrected chi connectivity index (χ1v) is 9.91. The summed E-state index contributed by atoms with van der Waals surface area (Å²) in [5.41, 5.74) is 4.90. The number of hydrogen-bond donors (Lipinski definition) is 2. The number of nitrogens with one attached hydrogen (secondary N) is 2. The van der Waals surface area contributed by atoms with Gasteiger partial charge in [0.1, 0.15) is 5.65 Å². The summed E-state index contributed by atoms with van der Waals surface area (Å²) in [6.45, 7) is 0.463. The third-order valence-corrected chi connectivity index (χ3v) is 5.35. The van der Waals surface area contributed by atoms with E-state index in [1.165, 1.54) is 0 Å². The summed E-state index contributed by atoms with van der Waals surface area (Å²) in [5.74, 6) is -0.166. The Morgan fingerprint density at radius 1 is 1.03 bits per heavy atom. The minimum Gasteiger partial charge on any atom is -0.348 e. The van der Waals surface area contributed by atoms with Gasteiger partial charge in [0.2, 0.25) is 0 Å². The van der Waals surface area contributed by atoms with Gasteiger partial charge in [-0.1, -0.05) is 48.0 Å². The number of hydrogen-bond acceptors (Lipinski definition) is 3. The highest BCUT2D eigenvalue weighted by molar-refractivity contribution is 6.35. The summed E-state index contributed by atoms with van der Waals surface area (Å²) < 4.78 is 0. The molecule has 0 aliphatic carbocycles. The molecule has 0 unspecified atom stereocenters. The van der Waals surface area contributed by atoms with E-state index in [9.17, 15) is 4.79 Å². The maximum atomic E-state index is 12.7. The lowest BCUT2D eigenvalue weighted by Gasteiger charge is -2.07. The van der Waals surface area contributed by atoms with E-state index in [0.717, 1.165) is 33.0 Å². The number of halogens is 1. The molecular weight excluding hydrogens is 396 g/mol. The van der Waals surface area contributed by atoms with Crippen LogP contribution in [0.15, 0.2) is 79.3 Å². The van der Waals surface area contributed by atoms with Crippen LogP contribution in [0.5, 0.6) is 0 Å². The van der Waals surface area contributed by atoms with Gasteiger partial charge in [-0.3, -0.25) is 9.78 Å². The number of nitrogens with zero attached hydrogens (tertiary/aromatic N) is 2. The average molecular weight is 413 g/mol. The van der Waals surface area contributed by atoms with Crippen LogP contribution in [0.25, 0.3) is 33.1 Å². The number of pyridine rings is 2. The number of H-pyrrole nitrogens is 1. The molecule has 0 aliphatic rings. The zero-order valence-electron chi connectivity index (χ0n) is 15.9. The molecule has 2 aromatic carbocycles. The molecule has 146 valence electrons. The second-order valence-corrected chi connectivity index (χ2v) is 7.43. The minimum atomic E-state index is -0.166. The van der Waals surface area contributed by atoms with Crippen molar-refractivity contribution in [3.8, 4) is 11.1 Å².